The average Bonchev–Trinajstić information content (AvgIpc) is 2.89. The molecule has 1 aromatic rings. The van der Waals surface area contributed by atoms with Crippen molar-refractivity contribution in [3.63, 3.8) is 0 Å². The highest BCUT2D eigenvalue weighted by Gasteiger charge is 2.20. The maximum Gasteiger partial charge on any atom is 0.345 e. The zero-order valence-electron chi connectivity index (χ0n) is 11.8. The Hall–Kier alpha value is -1.88. The van der Waals surface area contributed by atoms with Gasteiger partial charge in [0.25, 0.3) is 0 Å². The zero-order chi connectivity index (χ0) is 15.0. The summed E-state index contributed by atoms with van der Waals surface area (Å²) in [6.07, 6.45) is 3.39. The van der Waals surface area contributed by atoms with E-state index in [4.69, 9.17) is 9.47 Å². The van der Waals surface area contributed by atoms with Gasteiger partial charge in [0.1, 0.15) is 5.57 Å². The van der Waals surface area contributed by atoms with Crippen molar-refractivity contribution in [2.45, 2.75) is 20.8 Å². The first-order valence-corrected chi connectivity index (χ1v) is 7.24. The van der Waals surface area contributed by atoms with Gasteiger partial charge >= 0.3 is 11.9 Å². The quantitative estimate of drug-likeness (QED) is 0.266. The molecule has 0 N–H and O–H groups in total. The molecule has 0 amide bonds. The molecule has 0 aliphatic rings. The third-order valence-electron chi connectivity index (χ3n) is 2.28. The van der Waals surface area contributed by atoms with Crippen molar-refractivity contribution in [2.75, 3.05) is 13.2 Å². The second kappa shape index (κ2) is 8.32. The maximum absolute atomic E-state index is 11.8. The van der Waals surface area contributed by atoms with E-state index >= 15 is 0 Å². The lowest BCUT2D eigenvalue weighted by Gasteiger charge is -2.06. The van der Waals surface area contributed by atoms with Crippen LogP contribution in [0.25, 0.3) is 6.08 Å². The molecule has 5 heteroatoms. The second-order valence-electron chi connectivity index (χ2n) is 3.90. The topological polar surface area (TPSA) is 52.6 Å². The minimum absolute atomic E-state index is 0.0843. The molecule has 0 aromatic carbocycles. The normalized spacial score (nSPS) is 10.8. The fourth-order valence-corrected chi connectivity index (χ4v) is 2.21. The fraction of sp³-hybridized carbons (Fsp3) is 0.333. The Kier molecular flexibility index (Phi) is 6.73. The van der Waals surface area contributed by atoms with Crippen molar-refractivity contribution in [1.82, 2.24) is 0 Å². The predicted molar refractivity (Wildman–Crippen MR) is 79.3 cm³/mol. The molecule has 1 rings (SSSR count). The van der Waals surface area contributed by atoms with Crippen LogP contribution < -0.4 is 0 Å². The SMILES string of the molecule is CCOC(=O)C(=CC(C)=Cc1cccs1)C(=O)OCC. The van der Waals surface area contributed by atoms with Crippen LogP contribution in [0.4, 0.5) is 0 Å². The molecular weight excluding hydrogens is 276 g/mol. The van der Waals surface area contributed by atoms with Crippen LogP contribution in [0.3, 0.4) is 0 Å². The summed E-state index contributed by atoms with van der Waals surface area (Å²) < 4.78 is 9.75. The number of carbonyl (C=O) groups is 2. The third kappa shape index (κ3) is 5.01. The summed E-state index contributed by atoms with van der Waals surface area (Å²) in [5, 5.41) is 1.96. The highest BCUT2D eigenvalue weighted by Crippen LogP contribution is 2.15. The van der Waals surface area contributed by atoms with E-state index in [9.17, 15) is 9.59 Å². The summed E-state index contributed by atoms with van der Waals surface area (Å²) in [7, 11) is 0. The first-order chi connectivity index (χ1) is 9.58. The Labute approximate surface area is 122 Å². The standard InChI is InChI=1S/C15H18O4S/c1-4-18-14(16)13(15(17)19-5-2)10-11(3)9-12-7-6-8-20-12/h6-10H,4-5H2,1-3H3. The monoisotopic (exact) mass is 294 g/mol. The van der Waals surface area contributed by atoms with Gasteiger partial charge in [-0.05, 0) is 49.9 Å². The number of esters is 2. The van der Waals surface area contributed by atoms with Crippen molar-refractivity contribution in [1.29, 1.82) is 0 Å². The van der Waals surface area contributed by atoms with E-state index in [2.05, 4.69) is 0 Å². The summed E-state index contributed by atoms with van der Waals surface area (Å²) in [6, 6.07) is 3.89. The molecule has 0 saturated heterocycles. The van der Waals surface area contributed by atoms with E-state index < -0.39 is 11.9 Å². The van der Waals surface area contributed by atoms with Crippen molar-refractivity contribution < 1.29 is 19.1 Å². The van der Waals surface area contributed by atoms with Crippen LogP contribution in [0.15, 0.2) is 34.7 Å². The molecule has 0 unspecified atom stereocenters. The summed E-state index contributed by atoms with van der Waals surface area (Å²) in [4.78, 5) is 24.6. The molecule has 0 bridgehead atoms. The summed E-state index contributed by atoms with van der Waals surface area (Å²) in [5.41, 5.74) is 0.697. The van der Waals surface area contributed by atoms with Gasteiger partial charge in [-0.1, -0.05) is 6.07 Å². The Morgan fingerprint density at radius 1 is 1.20 bits per heavy atom. The van der Waals surface area contributed by atoms with E-state index in [-0.39, 0.29) is 18.8 Å². The molecule has 1 heterocycles. The molecule has 0 aliphatic heterocycles. The number of rotatable bonds is 6. The van der Waals surface area contributed by atoms with Gasteiger partial charge in [0, 0.05) is 4.88 Å². The molecule has 4 nitrogen and oxygen atoms in total. The van der Waals surface area contributed by atoms with Crippen LogP contribution in [0.1, 0.15) is 25.6 Å². The second-order valence-corrected chi connectivity index (χ2v) is 4.88. The number of ether oxygens (including phenoxy) is 2. The van der Waals surface area contributed by atoms with Crippen LogP contribution in [0.2, 0.25) is 0 Å². The van der Waals surface area contributed by atoms with Gasteiger partial charge in [-0.25, -0.2) is 9.59 Å². The lowest BCUT2D eigenvalue weighted by atomic mass is 10.1. The predicted octanol–water partition coefficient (Wildman–Crippen LogP) is 3.20. The maximum atomic E-state index is 11.8. The molecule has 108 valence electrons. The first-order valence-electron chi connectivity index (χ1n) is 6.36. The molecule has 0 fully saturated rings. The highest BCUT2D eigenvalue weighted by atomic mass is 32.1. The van der Waals surface area contributed by atoms with Crippen molar-refractivity contribution in [3.8, 4) is 0 Å². The van der Waals surface area contributed by atoms with Crippen molar-refractivity contribution >= 4 is 29.4 Å². The third-order valence-corrected chi connectivity index (χ3v) is 3.10. The van der Waals surface area contributed by atoms with Gasteiger partial charge in [-0.2, -0.15) is 0 Å². The van der Waals surface area contributed by atoms with E-state index in [0.29, 0.717) is 0 Å². The van der Waals surface area contributed by atoms with E-state index in [0.717, 1.165) is 10.5 Å². The molecule has 0 aliphatic carbocycles. The zero-order valence-corrected chi connectivity index (χ0v) is 12.7. The minimum atomic E-state index is -0.662. The summed E-state index contributed by atoms with van der Waals surface area (Å²) in [6.45, 7) is 5.62. The van der Waals surface area contributed by atoms with Crippen LogP contribution in [0.5, 0.6) is 0 Å². The smallest absolute Gasteiger partial charge is 0.345 e. The molecule has 1 aromatic heterocycles. The number of carbonyl (C=O) groups excluding carboxylic acids is 2. The molecule has 0 spiro atoms. The van der Waals surface area contributed by atoms with Gasteiger partial charge in [0.15, 0.2) is 0 Å². The van der Waals surface area contributed by atoms with Crippen molar-refractivity contribution in [3.05, 3.63) is 39.6 Å². The van der Waals surface area contributed by atoms with E-state index in [1.807, 2.05) is 30.5 Å². The molecular formula is C15H18O4S. The molecule has 0 atom stereocenters. The van der Waals surface area contributed by atoms with Gasteiger partial charge in [0.2, 0.25) is 0 Å². The Morgan fingerprint density at radius 2 is 1.80 bits per heavy atom. The average molecular weight is 294 g/mol. The van der Waals surface area contributed by atoms with Gasteiger partial charge in [-0.15, -0.1) is 11.3 Å². The van der Waals surface area contributed by atoms with Gasteiger partial charge in [-0.3, -0.25) is 0 Å². The largest absolute Gasteiger partial charge is 0.462 e. The Morgan fingerprint density at radius 3 is 2.25 bits per heavy atom. The molecule has 0 radical (unpaired) electrons. The minimum Gasteiger partial charge on any atom is -0.462 e. The van der Waals surface area contributed by atoms with Gasteiger partial charge in [0.05, 0.1) is 13.2 Å². The van der Waals surface area contributed by atoms with Crippen molar-refractivity contribution in [2.24, 2.45) is 0 Å². The number of hydrogen-bond acceptors (Lipinski definition) is 5. The summed E-state index contributed by atoms with van der Waals surface area (Å²) >= 11 is 1.58. The number of thiophene rings is 1. The first kappa shape index (κ1) is 16.2. The highest BCUT2D eigenvalue weighted by molar-refractivity contribution is 7.10. The molecule has 20 heavy (non-hydrogen) atoms. The number of hydrogen-bond donors (Lipinski definition) is 0. The summed E-state index contributed by atoms with van der Waals surface area (Å²) in [5.74, 6) is -1.32. The fourth-order valence-electron chi connectivity index (χ4n) is 1.49. The number of allylic oxidation sites excluding steroid dienone is 2. The van der Waals surface area contributed by atoms with Crippen LogP contribution >= 0.6 is 11.3 Å². The molecule has 0 saturated carbocycles. The van der Waals surface area contributed by atoms with E-state index in [1.165, 1.54) is 6.08 Å². The van der Waals surface area contributed by atoms with Crippen LogP contribution in [-0.4, -0.2) is 25.2 Å². The Balaban J connectivity index is 2.99. The lowest BCUT2D eigenvalue weighted by Crippen LogP contribution is -2.18. The van der Waals surface area contributed by atoms with Gasteiger partial charge < -0.3 is 9.47 Å². The Bertz CT molecular complexity index is 492. The lowest BCUT2D eigenvalue weighted by molar-refractivity contribution is -0.146. The van der Waals surface area contributed by atoms with Crippen LogP contribution in [-0.2, 0) is 19.1 Å². The van der Waals surface area contributed by atoms with E-state index in [1.54, 1.807) is 25.2 Å². The van der Waals surface area contributed by atoms with Crippen LogP contribution in [0, 0.1) is 0 Å².